The van der Waals surface area contributed by atoms with Crippen molar-refractivity contribution in [1.82, 2.24) is 24.2 Å². The maximum atomic E-state index is 12.9. The summed E-state index contributed by atoms with van der Waals surface area (Å²) in [5.41, 5.74) is 1.43. The summed E-state index contributed by atoms with van der Waals surface area (Å²) in [5.74, 6) is 0.857. The van der Waals surface area contributed by atoms with Crippen molar-refractivity contribution >= 4 is 11.7 Å². The molecule has 152 valence electrons. The molecular formula is C21H25N5O3. The van der Waals surface area contributed by atoms with Gasteiger partial charge in [-0.05, 0) is 50.2 Å². The number of likely N-dealkylation sites (tertiary alicyclic amines) is 1. The average molecular weight is 395 g/mol. The molecule has 0 spiro atoms. The Balaban J connectivity index is 1.58. The van der Waals surface area contributed by atoms with E-state index >= 15 is 0 Å². The molecule has 0 saturated carbocycles. The monoisotopic (exact) mass is 395 g/mol. The number of hydrogen-bond donors (Lipinski definition) is 1. The van der Waals surface area contributed by atoms with E-state index in [0.717, 1.165) is 36.6 Å². The van der Waals surface area contributed by atoms with E-state index < -0.39 is 0 Å². The fourth-order valence-corrected chi connectivity index (χ4v) is 3.76. The van der Waals surface area contributed by atoms with Gasteiger partial charge < -0.3 is 19.5 Å². The van der Waals surface area contributed by atoms with Crippen molar-refractivity contribution in [2.24, 2.45) is 7.05 Å². The molecule has 1 aliphatic rings. The number of imidazole rings is 1. The summed E-state index contributed by atoms with van der Waals surface area (Å²) in [5, 5.41) is 2.84. The lowest BCUT2D eigenvalue weighted by Gasteiger charge is -2.14. The Morgan fingerprint density at radius 1 is 1.21 bits per heavy atom. The summed E-state index contributed by atoms with van der Waals surface area (Å²) >= 11 is 0. The number of aryl methyl sites for hydroxylation is 1. The normalized spacial score (nSPS) is 14.4. The van der Waals surface area contributed by atoms with Crippen LogP contribution in [-0.4, -0.2) is 58.0 Å². The quantitative estimate of drug-likeness (QED) is 0.685. The van der Waals surface area contributed by atoms with Crippen molar-refractivity contribution in [2.45, 2.75) is 12.8 Å². The first kappa shape index (κ1) is 19.2. The van der Waals surface area contributed by atoms with E-state index in [-0.39, 0.29) is 17.0 Å². The average Bonchev–Trinajstić information content (AvgIpc) is 3.37. The molecule has 0 aliphatic carbocycles. The number of rotatable bonds is 6. The van der Waals surface area contributed by atoms with Crippen LogP contribution in [0.2, 0.25) is 0 Å². The molecule has 1 fully saturated rings. The lowest BCUT2D eigenvalue weighted by molar-refractivity contribution is 0.0947. The molecule has 1 aromatic carbocycles. The smallest absolute Gasteiger partial charge is 0.271 e. The predicted molar refractivity (Wildman–Crippen MR) is 110 cm³/mol. The summed E-state index contributed by atoms with van der Waals surface area (Å²) in [6, 6.07) is 7.57. The number of carbonyl (C=O) groups is 1. The molecule has 0 bridgehead atoms. The van der Waals surface area contributed by atoms with Crippen LogP contribution in [0.5, 0.6) is 5.75 Å². The number of aromatic nitrogens is 3. The second-order valence-electron chi connectivity index (χ2n) is 7.25. The summed E-state index contributed by atoms with van der Waals surface area (Å²) in [6.45, 7) is 3.47. The van der Waals surface area contributed by atoms with Gasteiger partial charge >= 0.3 is 0 Å². The van der Waals surface area contributed by atoms with Gasteiger partial charge in [0.25, 0.3) is 11.5 Å². The van der Waals surface area contributed by atoms with Gasteiger partial charge in [0.05, 0.1) is 12.8 Å². The highest BCUT2D eigenvalue weighted by atomic mass is 16.5. The number of carbonyl (C=O) groups excluding carboxylic acids is 1. The van der Waals surface area contributed by atoms with E-state index in [9.17, 15) is 9.59 Å². The highest BCUT2D eigenvalue weighted by Gasteiger charge is 2.18. The van der Waals surface area contributed by atoms with Gasteiger partial charge in [0.1, 0.15) is 11.3 Å². The minimum atomic E-state index is -0.383. The molecule has 1 N–H and O–H groups in total. The Morgan fingerprint density at radius 2 is 1.93 bits per heavy atom. The molecule has 0 atom stereocenters. The summed E-state index contributed by atoms with van der Waals surface area (Å²) in [4.78, 5) is 32.1. The topological polar surface area (TPSA) is 80.9 Å². The zero-order chi connectivity index (χ0) is 20.4. The molecule has 8 nitrogen and oxygen atoms in total. The second-order valence-corrected chi connectivity index (χ2v) is 7.25. The predicted octanol–water partition coefficient (Wildman–Crippen LogP) is 1.53. The molecule has 4 rings (SSSR count). The number of nitrogens with one attached hydrogen (secondary N) is 1. The van der Waals surface area contributed by atoms with E-state index in [4.69, 9.17) is 4.74 Å². The van der Waals surface area contributed by atoms with Crippen molar-refractivity contribution in [2.75, 3.05) is 33.3 Å². The van der Waals surface area contributed by atoms with Crippen LogP contribution >= 0.6 is 0 Å². The molecule has 1 amide bonds. The maximum absolute atomic E-state index is 12.9. The Morgan fingerprint density at radius 3 is 2.62 bits per heavy atom. The highest BCUT2D eigenvalue weighted by molar-refractivity contribution is 5.93. The van der Waals surface area contributed by atoms with Crippen molar-refractivity contribution in [3.63, 3.8) is 0 Å². The molecule has 0 radical (unpaired) electrons. The van der Waals surface area contributed by atoms with Crippen molar-refractivity contribution in [3.05, 3.63) is 52.6 Å². The van der Waals surface area contributed by atoms with E-state index in [2.05, 4.69) is 15.2 Å². The molecule has 1 saturated heterocycles. The molecular weight excluding hydrogens is 370 g/mol. The first-order valence-corrected chi connectivity index (χ1v) is 9.80. The fourth-order valence-electron chi connectivity index (χ4n) is 3.76. The van der Waals surface area contributed by atoms with Crippen molar-refractivity contribution in [1.29, 1.82) is 0 Å². The number of ether oxygens (including phenoxy) is 1. The maximum Gasteiger partial charge on any atom is 0.271 e. The molecule has 0 unspecified atom stereocenters. The number of nitrogens with zero attached hydrogens (tertiary/aromatic N) is 4. The number of hydrogen-bond acceptors (Lipinski definition) is 5. The van der Waals surface area contributed by atoms with E-state index in [0.29, 0.717) is 12.3 Å². The Kier molecular flexibility index (Phi) is 5.35. The van der Waals surface area contributed by atoms with Gasteiger partial charge in [-0.25, -0.2) is 4.98 Å². The lowest BCUT2D eigenvalue weighted by atomic mass is 10.1. The van der Waals surface area contributed by atoms with Gasteiger partial charge in [-0.2, -0.15) is 0 Å². The van der Waals surface area contributed by atoms with Gasteiger partial charge in [-0.1, -0.05) is 0 Å². The molecule has 2 aromatic heterocycles. The van der Waals surface area contributed by atoms with Gasteiger partial charge in [-0.15, -0.1) is 0 Å². The summed E-state index contributed by atoms with van der Waals surface area (Å²) < 4.78 is 8.46. The Bertz CT molecular complexity index is 1080. The SMILES string of the molecule is COc1ccc(-c2cn3c(=O)c(C(=O)NCCN4CCCC4)cnc3n2C)cc1. The fraction of sp³-hybridized carbons (Fsp3) is 0.381. The minimum absolute atomic E-state index is 0.0517. The van der Waals surface area contributed by atoms with Crippen molar-refractivity contribution < 1.29 is 9.53 Å². The number of benzene rings is 1. The Hall–Kier alpha value is -3.13. The van der Waals surface area contributed by atoms with Crippen LogP contribution in [-0.2, 0) is 7.05 Å². The Labute approximate surface area is 168 Å². The first-order valence-electron chi connectivity index (χ1n) is 9.80. The number of amides is 1. The van der Waals surface area contributed by atoms with Crippen molar-refractivity contribution in [3.8, 4) is 17.0 Å². The van der Waals surface area contributed by atoms with Crippen LogP contribution in [0.25, 0.3) is 17.0 Å². The summed E-state index contributed by atoms with van der Waals surface area (Å²) in [7, 11) is 3.46. The zero-order valence-corrected chi connectivity index (χ0v) is 16.7. The van der Waals surface area contributed by atoms with Crippen LogP contribution in [0.3, 0.4) is 0 Å². The summed E-state index contributed by atoms with van der Waals surface area (Å²) in [6.07, 6.45) is 5.50. The van der Waals surface area contributed by atoms with Crippen LogP contribution in [0.15, 0.2) is 41.5 Å². The molecule has 8 heteroatoms. The third-order valence-corrected chi connectivity index (χ3v) is 5.43. The van der Waals surface area contributed by atoms with Crippen LogP contribution < -0.4 is 15.6 Å². The van der Waals surface area contributed by atoms with Gasteiger partial charge in [0, 0.05) is 38.1 Å². The number of fused-ring (bicyclic) bond motifs is 1. The standard InChI is InChI=1S/C21H25N5O3/c1-24-18(15-5-7-16(29-2)8-6-15)14-26-20(28)17(13-23-21(24)26)19(27)22-9-12-25-10-3-4-11-25/h5-8,13-14H,3-4,9-12H2,1-2H3,(H,22,27). The minimum Gasteiger partial charge on any atom is -0.497 e. The van der Waals surface area contributed by atoms with E-state index in [1.165, 1.54) is 23.4 Å². The van der Waals surface area contributed by atoms with Gasteiger partial charge in [0.2, 0.25) is 5.78 Å². The van der Waals surface area contributed by atoms with Crippen LogP contribution in [0.1, 0.15) is 23.2 Å². The molecule has 3 heterocycles. The highest BCUT2D eigenvalue weighted by Crippen LogP contribution is 2.23. The number of methoxy groups -OCH3 is 1. The lowest BCUT2D eigenvalue weighted by Crippen LogP contribution is -2.36. The third kappa shape index (κ3) is 3.75. The van der Waals surface area contributed by atoms with Gasteiger partial charge in [-0.3, -0.25) is 14.0 Å². The third-order valence-electron chi connectivity index (χ3n) is 5.43. The molecule has 29 heavy (non-hydrogen) atoms. The first-order chi connectivity index (χ1) is 14.1. The van der Waals surface area contributed by atoms with Crippen LogP contribution in [0.4, 0.5) is 0 Å². The second kappa shape index (κ2) is 8.08. The van der Waals surface area contributed by atoms with E-state index in [1.807, 2.05) is 35.9 Å². The van der Waals surface area contributed by atoms with Crippen LogP contribution in [0, 0.1) is 0 Å². The largest absolute Gasteiger partial charge is 0.497 e. The van der Waals surface area contributed by atoms with E-state index in [1.54, 1.807) is 13.3 Å². The van der Waals surface area contributed by atoms with Gasteiger partial charge in [0.15, 0.2) is 0 Å². The molecule has 1 aliphatic heterocycles. The molecule has 3 aromatic rings. The zero-order valence-electron chi connectivity index (χ0n) is 16.7.